The molecule has 0 N–H and O–H groups in total. The van der Waals surface area contributed by atoms with Crippen molar-refractivity contribution in [1.29, 1.82) is 0 Å². The molecule has 0 radical (unpaired) electrons. The molecule has 0 aromatic rings. The van der Waals surface area contributed by atoms with E-state index in [1.807, 2.05) is 0 Å². The van der Waals surface area contributed by atoms with E-state index in [2.05, 4.69) is 16.7 Å². The second-order valence-electron chi connectivity index (χ2n) is 7.60. The number of carbonyl (C=O) groups excluding carboxylic acids is 1. The van der Waals surface area contributed by atoms with Crippen LogP contribution < -0.4 is 0 Å². The van der Waals surface area contributed by atoms with Crippen LogP contribution in [0.1, 0.15) is 51.9 Å². The summed E-state index contributed by atoms with van der Waals surface area (Å²) in [6.07, 6.45) is 10.2. The van der Waals surface area contributed by atoms with Crippen molar-refractivity contribution in [3.8, 4) is 0 Å². The van der Waals surface area contributed by atoms with Crippen molar-refractivity contribution in [1.82, 2.24) is 9.80 Å². The van der Waals surface area contributed by atoms with E-state index < -0.39 is 0 Å². The fourth-order valence-electron chi connectivity index (χ4n) is 4.80. The van der Waals surface area contributed by atoms with Crippen molar-refractivity contribution in [2.75, 3.05) is 32.7 Å². The van der Waals surface area contributed by atoms with E-state index in [0.29, 0.717) is 0 Å². The SMILES string of the molecule is CC1CCCC(C=O)(CN2CCN3CCCCC3C2)C1. The minimum absolute atomic E-state index is 0.0332. The lowest BCUT2D eigenvalue weighted by molar-refractivity contribution is -0.120. The minimum atomic E-state index is -0.0332. The van der Waals surface area contributed by atoms with Gasteiger partial charge in [0.2, 0.25) is 0 Å². The maximum atomic E-state index is 11.7. The van der Waals surface area contributed by atoms with Gasteiger partial charge in [-0.05, 0) is 38.1 Å². The molecule has 3 fully saturated rings. The van der Waals surface area contributed by atoms with E-state index in [0.717, 1.165) is 31.3 Å². The van der Waals surface area contributed by atoms with Crippen LogP contribution in [-0.4, -0.2) is 54.9 Å². The highest BCUT2D eigenvalue weighted by Gasteiger charge is 2.38. The number of aldehydes is 1. The van der Waals surface area contributed by atoms with Gasteiger partial charge in [-0.1, -0.05) is 26.2 Å². The predicted molar refractivity (Wildman–Crippen MR) is 81.8 cm³/mol. The van der Waals surface area contributed by atoms with Crippen molar-refractivity contribution < 1.29 is 4.79 Å². The number of hydrogen-bond donors (Lipinski definition) is 0. The summed E-state index contributed by atoms with van der Waals surface area (Å²) in [5, 5.41) is 0. The Balaban J connectivity index is 1.60. The third-order valence-electron chi connectivity index (χ3n) is 5.84. The lowest BCUT2D eigenvalue weighted by Gasteiger charge is -2.47. The number of piperazine rings is 1. The molecule has 3 nitrogen and oxygen atoms in total. The van der Waals surface area contributed by atoms with Crippen LogP contribution in [0.4, 0.5) is 0 Å². The number of carbonyl (C=O) groups is 1. The number of hydrogen-bond acceptors (Lipinski definition) is 3. The Kier molecular flexibility index (Phi) is 4.46. The van der Waals surface area contributed by atoms with Gasteiger partial charge < -0.3 is 4.79 Å². The second kappa shape index (κ2) is 6.15. The van der Waals surface area contributed by atoms with Gasteiger partial charge in [-0.3, -0.25) is 9.80 Å². The van der Waals surface area contributed by atoms with Gasteiger partial charge in [-0.25, -0.2) is 0 Å². The van der Waals surface area contributed by atoms with Crippen molar-refractivity contribution in [2.24, 2.45) is 11.3 Å². The molecule has 3 heteroatoms. The largest absolute Gasteiger partial charge is 0.303 e. The number of piperidine rings is 1. The van der Waals surface area contributed by atoms with Gasteiger partial charge in [0, 0.05) is 37.6 Å². The summed E-state index contributed by atoms with van der Waals surface area (Å²) in [4.78, 5) is 17.0. The Morgan fingerprint density at radius 3 is 2.85 bits per heavy atom. The first-order valence-corrected chi connectivity index (χ1v) is 8.63. The molecule has 1 saturated carbocycles. The van der Waals surface area contributed by atoms with Crippen molar-refractivity contribution in [3.63, 3.8) is 0 Å². The lowest BCUT2D eigenvalue weighted by Crippen LogP contribution is -2.57. The van der Waals surface area contributed by atoms with Crippen LogP contribution in [-0.2, 0) is 4.79 Å². The zero-order valence-electron chi connectivity index (χ0n) is 13.0. The van der Waals surface area contributed by atoms with Gasteiger partial charge in [0.1, 0.15) is 6.29 Å². The highest BCUT2D eigenvalue weighted by Crippen LogP contribution is 2.39. The summed E-state index contributed by atoms with van der Waals surface area (Å²) in [6.45, 7) is 8.22. The molecule has 0 aromatic carbocycles. The van der Waals surface area contributed by atoms with E-state index >= 15 is 0 Å². The zero-order valence-corrected chi connectivity index (χ0v) is 13.0. The molecule has 0 aromatic heterocycles. The van der Waals surface area contributed by atoms with Crippen LogP contribution in [0.25, 0.3) is 0 Å². The summed E-state index contributed by atoms with van der Waals surface area (Å²) in [6, 6.07) is 0.766. The fraction of sp³-hybridized carbons (Fsp3) is 0.941. The zero-order chi connectivity index (χ0) is 14.0. The molecule has 20 heavy (non-hydrogen) atoms. The highest BCUT2D eigenvalue weighted by molar-refractivity contribution is 5.60. The van der Waals surface area contributed by atoms with E-state index in [1.54, 1.807) is 0 Å². The van der Waals surface area contributed by atoms with Crippen molar-refractivity contribution >= 4 is 6.29 Å². The summed E-state index contributed by atoms with van der Waals surface area (Å²) in [5.41, 5.74) is -0.0332. The summed E-state index contributed by atoms with van der Waals surface area (Å²) in [5.74, 6) is 0.727. The molecule has 2 aliphatic heterocycles. The van der Waals surface area contributed by atoms with Gasteiger partial charge in [0.25, 0.3) is 0 Å². The molecule has 114 valence electrons. The van der Waals surface area contributed by atoms with Gasteiger partial charge in [0.05, 0.1) is 0 Å². The lowest BCUT2D eigenvalue weighted by atomic mass is 9.70. The fourth-order valence-corrected chi connectivity index (χ4v) is 4.80. The molecule has 2 saturated heterocycles. The minimum Gasteiger partial charge on any atom is -0.303 e. The number of rotatable bonds is 3. The van der Waals surface area contributed by atoms with Gasteiger partial charge in [-0.2, -0.15) is 0 Å². The highest BCUT2D eigenvalue weighted by atomic mass is 16.1. The van der Waals surface area contributed by atoms with Crippen LogP contribution in [0.2, 0.25) is 0 Å². The Hall–Kier alpha value is -0.410. The van der Waals surface area contributed by atoms with Crippen LogP contribution >= 0.6 is 0 Å². The Bertz CT molecular complexity index is 346. The molecular formula is C17H30N2O. The topological polar surface area (TPSA) is 23.6 Å². The molecule has 1 aliphatic carbocycles. The first-order chi connectivity index (χ1) is 9.71. The maximum Gasteiger partial charge on any atom is 0.127 e. The monoisotopic (exact) mass is 278 g/mol. The Labute approximate surface area is 123 Å². The Morgan fingerprint density at radius 2 is 2.05 bits per heavy atom. The first-order valence-electron chi connectivity index (χ1n) is 8.63. The van der Waals surface area contributed by atoms with Crippen LogP contribution in [0.3, 0.4) is 0 Å². The molecular weight excluding hydrogens is 248 g/mol. The quantitative estimate of drug-likeness (QED) is 0.741. The van der Waals surface area contributed by atoms with Crippen molar-refractivity contribution in [3.05, 3.63) is 0 Å². The third-order valence-corrected chi connectivity index (χ3v) is 5.84. The molecule has 0 amide bonds. The molecule has 3 rings (SSSR count). The normalized spacial score (nSPS) is 40.2. The van der Waals surface area contributed by atoms with Gasteiger partial charge in [0.15, 0.2) is 0 Å². The second-order valence-corrected chi connectivity index (χ2v) is 7.60. The molecule has 3 unspecified atom stereocenters. The maximum absolute atomic E-state index is 11.7. The molecule has 2 heterocycles. The van der Waals surface area contributed by atoms with E-state index in [9.17, 15) is 4.79 Å². The third kappa shape index (κ3) is 3.09. The van der Waals surface area contributed by atoms with E-state index in [4.69, 9.17) is 0 Å². The van der Waals surface area contributed by atoms with Crippen molar-refractivity contribution in [2.45, 2.75) is 57.9 Å². The van der Waals surface area contributed by atoms with Gasteiger partial charge >= 0.3 is 0 Å². The standard InChI is InChI=1S/C17H30N2O/c1-15-5-4-7-17(11-15,14-20)13-18-9-10-19-8-3-2-6-16(19)12-18/h14-16H,2-13H2,1H3. The number of nitrogens with zero attached hydrogens (tertiary/aromatic N) is 2. The number of fused-ring (bicyclic) bond motifs is 1. The van der Waals surface area contributed by atoms with E-state index in [1.165, 1.54) is 64.6 Å². The van der Waals surface area contributed by atoms with Crippen LogP contribution in [0.15, 0.2) is 0 Å². The molecule has 3 aliphatic rings. The molecule has 0 spiro atoms. The van der Waals surface area contributed by atoms with Gasteiger partial charge in [-0.15, -0.1) is 0 Å². The summed E-state index contributed by atoms with van der Waals surface area (Å²) in [7, 11) is 0. The molecule has 3 atom stereocenters. The van der Waals surface area contributed by atoms with Crippen LogP contribution in [0, 0.1) is 11.3 Å². The smallest absolute Gasteiger partial charge is 0.127 e. The molecule has 0 bridgehead atoms. The predicted octanol–water partition coefficient (Wildman–Crippen LogP) is 2.55. The average Bonchev–Trinajstić information content (AvgIpc) is 2.47. The van der Waals surface area contributed by atoms with E-state index in [-0.39, 0.29) is 5.41 Å². The Morgan fingerprint density at radius 1 is 1.15 bits per heavy atom. The van der Waals surface area contributed by atoms with Crippen LogP contribution in [0.5, 0.6) is 0 Å². The summed E-state index contributed by atoms with van der Waals surface area (Å²) >= 11 is 0. The average molecular weight is 278 g/mol. The first kappa shape index (κ1) is 14.5. The summed E-state index contributed by atoms with van der Waals surface area (Å²) < 4.78 is 0.